The quantitative estimate of drug-likeness (QED) is 0.716. The van der Waals surface area contributed by atoms with Crippen molar-refractivity contribution in [2.45, 2.75) is 13.3 Å². The Balaban J connectivity index is 2.03. The summed E-state index contributed by atoms with van der Waals surface area (Å²) in [5, 5.41) is 8.21. The molecule has 9 heteroatoms. The van der Waals surface area contributed by atoms with Crippen LogP contribution in [0.1, 0.15) is 15.9 Å². The molecular formula is C17H15F3N4O2. The van der Waals surface area contributed by atoms with Crippen LogP contribution in [0.25, 0.3) is 16.6 Å². The third-order valence-electron chi connectivity index (χ3n) is 3.77. The average molecular weight is 364 g/mol. The average Bonchev–Trinajstić information content (AvgIpc) is 2.95. The summed E-state index contributed by atoms with van der Waals surface area (Å²) in [5.41, 5.74) is 2.81. The smallest absolute Gasteiger partial charge is 0.406 e. The summed E-state index contributed by atoms with van der Waals surface area (Å²) in [5.74, 6) is -0.509. The van der Waals surface area contributed by atoms with E-state index >= 15 is 0 Å². The van der Waals surface area contributed by atoms with Crippen LogP contribution >= 0.6 is 0 Å². The second kappa shape index (κ2) is 6.32. The number of carbonyl (C=O) groups excluding carboxylic acids is 1. The van der Waals surface area contributed by atoms with Gasteiger partial charge in [0, 0.05) is 19.7 Å². The Morgan fingerprint density at radius 3 is 2.46 bits per heavy atom. The van der Waals surface area contributed by atoms with E-state index in [0.29, 0.717) is 27.8 Å². The van der Waals surface area contributed by atoms with Crippen molar-refractivity contribution in [1.29, 1.82) is 0 Å². The summed E-state index contributed by atoms with van der Waals surface area (Å²) >= 11 is 0. The topological polar surface area (TPSA) is 59.7 Å². The number of nitrogens with zero attached hydrogens (tertiary/aromatic N) is 4. The van der Waals surface area contributed by atoms with Gasteiger partial charge in [-0.05, 0) is 36.2 Å². The minimum Gasteiger partial charge on any atom is -0.406 e. The van der Waals surface area contributed by atoms with Crippen LogP contribution < -0.4 is 4.74 Å². The molecule has 26 heavy (non-hydrogen) atoms. The van der Waals surface area contributed by atoms with Crippen molar-refractivity contribution < 1.29 is 22.7 Å². The third kappa shape index (κ3) is 3.46. The van der Waals surface area contributed by atoms with E-state index in [1.807, 2.05) is 0 Å². The molecule has 2 heterocycles. The van der Waals surface area contributed by atoms with E-state index in [4.69, 9.17) is 0 Å². The van der Waals surface area contributed by atoms with Gasteiger partial charge in [-0.3, -0.25) is 4.79 Å². The highest BCUT2D eigenvalue weighted by Gasteiger charge is 2.31. The molecule has 0 fully saturated rings. The molecule has 2 aromatic heterocycles. The zero-order chi connectivity index (χ0) is 19.1. The second-order valence-electron chi connectivity index (χ2n) is 5.90. The SMILES string of the molecule is Cc1cc(OC(F)(F)F)ccc1-c1cnn2ncc(C(=O)N(C)C)c2c1. The molecule has 136 valence electrons. The predicted octanol–water partition coefficient (Wildman–Crippen LogP) is 3.31. The van der Waals surface area contributed by atoms with Crippen LogP contribution in [0.3, 0.4) is 0 Å². The van der Waals surface area contributed by atoms with Gasteiger partial charge < -0.3 is 9.64 Å². The third-order valence-corrected chi connectivity index (χ3v) is 3.77. The Kier molecular flexibility index (Phi) is 4.31. The number of fused-ring (bicyclic) bond motifs is 1. The largest absolute Gasteiger partial charge is 0.573 e. The van der Waals surface area contributed by atoms with Crippen molar-refractivity contribution in [3.8, 4) is 16.9 Å². The van der Waals surface area contributed by atoms with E-state index in [0.717, 1.165) is 0 Å². The lowest BCUT2D eigenvalue weighted by molar-refractivity contribution is -0.274. The molecule has 0 bridgehead atoms. The summed E-state index contributed by atoms with van der Waals surface area (Å²) < 4.78 is 42.3. The molecule has 0 unspecified atom stereocenters. The van der Waals surface area contributed by atoms with Crippen LogP contribution in [0, 0.1) is 6.92 Å². The van der Waals surface area contributed by atoms with Gasteiger partial charge in [0.2, 0.25) is 0 Å². The monoisotopic (exact) mass is 364 g/mol. The van der Waals surface area contributed by atoms with Gasteiger partial charge in [-0.2, -0.15) is 14.8 Å². The first kappa shape index (κ1) is 17.7. The predicted molar refractivity (Wildman–Crippen MR) is 87.9 cm³/mol. The zero-order valence-corrected chi connectivity index (χ0v) is 14.2. The van der Waals surface area contributed by atoms with E-state index in [1.54, 1.807) is 27.1 Å². The van der Waals surface area contributed by atoms with Crippen molar-refractivity contribution in [2.75, 3.05) is 14.1 Å². The summed E-state index contributed by atoms with van der Waals surface area (Å²) in [7, 11) is 3.26. The van der Waals surface area contributed by atoms with Crippen molar-refractivity contribution >= 4 is 11.4 Å². The number of amides is 1. The molecule has 6 nitrogen and oxygen atoms in total. The summed E-state index contributed by atoms with van der Waals surface area (Å²) in [6.45, 7) is 1.67. The van der Waals surface area contributed by atoms with Gasteiger partial charge in [-0.25, -0.2) is 0 Å². The van der Waals surface area contributed by atoms with Gasteiger partial charge in [0.1, 0.15) is 11.3 Å². The second-order valence-corrected chi connectivity index (χ2v) is 5.90. The summed E-state index contributed by atoms with van der Waals surface area (Å²) in [6, 6.07) is 5.79. The fourth-order valence-electron chi connectivity index (χ4n) is 2.59. The van der Waals surface area contributed by atoms with E-state index in [1.165, 1.54) is 40.1 Å². The van der Waals surface area contributed by atoms with Gasteiger partial charge in [0.05, 0.1) is 18.0 Å². The molecule has 3 rings (SSSR count). The Morgan fingerprint density at radius 1 is 1.15 bits per heavy atom. The molecule has 0 atom stereocenters. The lowest BCUT2D eigenvalue weighted by Gasteiger charge is -2.12. The van der Waals surface area contributed by atoms with Crippen LogP contribution in [0.2, 0.25) is 0 Å². The van der Waals surface area contributed by atoms with Crippen molar-refractivity contribution in [3.63, 3.8) is 0 Å². The molecule has 0 N–H and O–H groups in total. The molecule has 3 aromatic rings. The molecule has 1 amide bonds. The van der Waals surface area contributed by atoms with E-state index < -0.39 is 6.36 Å². The molecule has 0 aliphatic carbocycles. The number of alkyl halides is 3. The molecule has 1 aromatic carbocycles. The molecule has 0 saturated heterocycles. The highest BCUT2D eigenvalue weighted by molar-refractivity contribution is 6.00. The molecule has 0 aliphatic rings. The Hall–Kier alpha value is -3.10. The van der Waals surface area contributed by atoms with Gasteiger partial charge in [-0.1, -0.05) is 6.07 Å². The van der Waals surface area contributed by atoms with E-state index in [-0.39, 0.29) is 11.7 Å². The number of hydrogen-bond donors (Lipinski definition) is 0. The van der Waals surface area contributed by atoms with Gasteiger partial charge in [-0.15, -0.1) is 13.2 Å². The number of hydrogen-bond acceptors (Lipinski definition) is 4. The minimum absolute atomic E-state index is 0.218. The maximum absolute atomic E-state index is 12.3. The van der Waals surface area contributed by atoms with E-state index in [9.17, 15) is 18.0 Å². The Labute approximate surface area is 146 Å². The number of halogens is 3. The normalized spacial score (nSPS) is 11.6. The fraction of sp³-hybridized carbons (Fsp3) is 0.235. The number of aryl methyl sites for hydroxylation is 1. The van der Waals surface area contributed by atoms with Crippen LogP contribution in [-0.2, 0) is 0 Å². The van der Waals surface area contributed by atoms with Crippen LogP contribution in [0.15, 0.2) is 36.7 Å². The van der Waals surface area contributed by atoms with Crippen molar-refractivity contribution in [3.05, 3.63) is 47.8 Å². The minimum atomic E-state index is -4.74. The van der Waals surface area contributed by atoms with Crippen LogP contribution in [-0.4, -0.2) is 46.1 Å². The van der Waals surface area contributed by atoms with Crippen LogP contribution in [0.4, 0.5) is 13.2 Å². The molecule has 0 aliphatic heterocycles. The lowest BCUT2D eigenvalue weighted by atomic mass is 10.0. The fourth-order valence-corrected chi connectivity index (χ4v) is 2.59. The number of rotatable bonds is 3. The summed E-state index contributed by atoms with van der Waals surface area (Å²) in [4.78, 5) is 13.7. The lowest BCUT2D eigenvalue weighted by Crippen LogP contribution is -2.21. The highest BCUT2D eigenvalue weighted by atomic mass is 19.4. The maximum Gasteiger partial charge on any atom is 0.573 e. The number of benzene rings is 1. The molecule has 0 radical (unpaired) electrons. The molecule has 0 spiro atoms. The maximum atomic E-state index is 12.3. The molecule has 0 saturated carbocycles. The summed E-state index contributed by atoms with van der Waals surface area (Å²) in [6.07, 6.45) is -1.77. The van der Waals surface area contributed by atoms with Gasteiger partial charge in [0.25, 0.3) is 5.91 Å². The number of aromatic nitrogens is 3. The Bertz CT molecular complexity index is 980. The van der Waals surface area contributed by atoms with Crippen molar-refractivity contribution in [2.24, 2.45) is 0 Å². The zero-order valence-electron chi connectivity index (χ0n) is 14.2. The first-order valence-electron chi connectivity index (χ1n) is 7.58. The Morgan fingerprint density at radius 2 is 1.85 bits per heavy atom. The highest BCUT2D eigenvalue weighted by Crippen LogP contribution is 2.30. The van der Waals surface area contributed by atoms with E-state index in [2.05, 4.69) is 14.9 Å². The first-order chi connectivity index (χ1) is 12.2. The van der Waals surface area contributed by atoms with Gasteiger partial charge >= 0.3 is 6.36 Å². The number of ether oxygens (including phenoxy) is 1. The number of carbonyl (C=O) groups is 1. The van der Waals surface area contributed by atoms with Crippen LogP contribution in [0.5, 0.6) is 5.75 Å². The van der Waals surface area contributed by atoms with Crippen molar-refractivity contribution in [1.82, 2.24) is 19.7 Å². The van der Waals surface area contributed by atoms with Gasteiger partial charge in [0.15, 0.2) is 0 Å². The first-order valence-corrected chi connectivity index (χ1v) is 7.58. The molecular weight excluding hydrogens is 349 g/mol. The standard InChI is InChI=1S/C17H15F3N4O2/c1-10-6-12(26-17(18,19)20)4-5-13(10)11-7-15-14(16(25)23(2)3)9-22-24(15)21-8-11/h4-9H,1-3H3.